The van der Waals surface area contributed by atoms with Crippen LogP contribution in [0, 0.1) is 0 Å². The number of hydrogen-bond acceptors (Lipinski definition) is 7. The Morgan fingerprint density at radius 2 is 1.75 bits per heavy atom. The van der Waals surface area contributed by atoms with E-state index in [9.17, 15) is 26.4 Å². The van der Waals surface area contributed by atoms with Crippen LogP contribution in [-0.4, -0.2) is 60.6 Å². The van der Waals surface area contributed by atoms with E-state index in [1.165, 1.54) is 18.0 Å². The fourth-order valence-electron chi connectivity index (χ4n) is 4.34. The number of benzene rings is 2. The molecule has 1 aromatic heterocycles. The summed E-state index contributed by atoms with van der Waals surface area (Å²) in [5, 5.41) is 3.01. The average molecular weight is 598 g/mol. The summed E-state index contributed by atoms with van der Waals surface area (Å²) in [6.45, 7) is 2.32. The van der Waals surface area contributed by atoms with Crippen molar-refractivity contribution in [2.24, 2.45) is 0 Å². The Labute approximate surface area is 235 Å². The standard InChI is InChI=1S/C26H27ClF3N5O4S/c1-2-3-18-4-6-19(7-5-18)15-31-25(36)22-16-34(24-14-23(27)32-17-33-24)12-13-35(22)40(37,38)21-10-8-20(9-11-21)39-26(28,29)30/h4-11,14,17,22H,2-3,12-13,15-16H2,1H3,(H,31,36)/t22-/m1/s1. The van der Waals surface area contributed by atoms with E-state index in [-0.39, 0.29) is 36.2 Å². The molecule has 9 nitrogen and oxygen atoms in total. The number of carbonyl (C=O) groups is 1. The van der Waals surface area contributed by atoms with Gasteiger partial charge >= 0.3 is 6.36 Å². The zero-order valence-electron chi connectivity index (χ0n) is 21.4. The van der Waals surface area contributed by atoms with Gasteiger partial charge in [0.05, 0.1) is 4.90 Å². The molecular formula is C26H27ClF3N5O4S. The largest absolute Gasteiger partial charge is 0.573 e. The molecule has 1 atom stereocenters. The first-order chi connectivity index (χ1) is 19.0. The Kier molecular flexibility index (Phi) is 9.16. The van der Waals surface area contributed by atoms with E-state index in [0.29, 0.717) is 5.82 Å². The number of hydrogen-bond donors (Lipinski definition) is 1. The maximum Gasteiger partial charge on any atom is 0.573 e. The number of halogens is 4. The van der Waals surface area contributed by atoms with Gasteiger partial charge in [0.2, 0.25) is 15.9 Å². The van der Waals surface area contributed by atoms with Crippen LogP contribution in [0.15, 0.2) is 65.8 Å². The number of anilines is 1. The molecule has 0 aliphatic carbocycles. The molecule has 1 N–H and O–H groups in total. The number of carbonyl (C=O) groups excluding carboxylic acids is 1. The number of nitrogens with one attached hydrogen (secondary N) is 1. The number of amides is 1. The van der Waals surface area contributed by atoms with Crippen LogP contribution in [0.4, 0.5) is 19.0 Å². The van der Waals surface area contributed by atoms with Gasteiger partial charge in [-0.2, -0.15) is 4.31 Å². The Morgan fingerprint density at radius 3 is 2.38 bits per heavy atom. The molecule has 4 rings (SSSR count). The lowest BCUT2D eigenvalue weighted by molar-refractivity contribution is -0.274. The van der Waals surface area contributed by atoms with Gasteiger partial charge < -0.3 is 15.0 Å². The second-order valence-corrected chi connectivity index (χ2v) is 11.4. The van der Waals surface area contributed by atoms with Gasteiger partial charge in [-0.25, -0.2) is 18.4 Å². The average Bonchev–Trinajstić information content (AvgIpc) is 2.92. The van der Waals surface area contributed by atoms with Gasteiger partial charge in [0.15, 0.2) is 0 Å². The summed E-state index contributed by atoms with van der Waals surface area (Å²) in [7, 11) is -4.28. The highest BCUT2D eigenvalue weighted by Crippen LogP contribution is 2.28. The van der Waals surface area contributed by atoms with Crippen LogP contribution in [0.1, 0.15) is 24.5 Å². The second-order valence-electron chi connectivity index (χ2n) is 9.08. The van der Waals surface area contributed by atoms with Crippen molar-refractivity contribution in [2.45, 2.75) is 43.6 Å². The van der Waals surface area contributed by atoms with Gasteiger partial charge in [0.25, 0.3) is 0 Å². The molecular weight excluding hydrogens is 571 g/mol. The Hall–Kier alpha value is -3.42. The van der Waals surface area contributed by atoms with Gasteiger partial charge in [-0.3, -0.25) is 4.79 Å². The summed E-state index contributed by atoms with van der Waals surface area (Å²) in [6, 6.07) is 12.0. The summed E-state index contributed by atoms with van der Waals surface area (Å²) in [5.41, 5.74) is 2.02. The summed E-state index contributed by atoms with van der Waals surface area (Å²) >= 11 is 6.00. The Morgan fingerprint density at radius 1 is 1.07 bits per heavy atom. The van der Waals surface area contributed by atoms with Crippen LogP contribution >= 0.6 is 11.6 Å². The smallest absolute Gasteiger partial charge is 0.406 e. The highest BCUT2D eigenvalue weighted by molar-refractivity contribution is 7.89. The third kappa shape index (κ3) is 7.40. The number of piperazine rings is 1. The number of alkyl halides is 3. The maximum atomic E-state index is 13.6. The fourth-order valence-corrected chi connectivity index (χ4v) is 6.05. The van der Waals surface area contributed by atoms with Gasteiger partial charge in [0, 0.05) is 32.2 Å². The van der Waals surface area contributed by atoms with Crippen molar-refractivity contribution in [1.29, 1.82) is 0 Å². The molecule has 1 amide bonds. The zero-order chi connectivity index (χ0) is 28.9. The van der Waals surface area contributed by atoms with E-state index in [4.69, 9.17) is 11.6 Å². The van der Waals surface area contributed by atoms with Crippen molar-refractivity contribution >= 4 is 33.3 Å². The second kappa shape index (κ2) is 12.4. The maximum absolute atomic E-state index is 13.6. The predicted molar refractivity (Wildman–Crippen MR) is 142 cm³/mol. The summed E-state index contributed by atoms with van der Waals surface area (Å²) in [6.07, 6.45) is -1.70. The molecule has 3 aromatic rings. The quantitative estimate of drug-likeness (QED) is 0.369. The number of nitrogens with zero attached hydrogens (tertiary/aromatic N) is 4. The van der Waals surface area contributed by atoms with Crippen molar-refractivity contribution < 1.29 is 31.1 Å². The number of aryl methyl sites for hydroxylation is 1. The Balaban J connectivity index is 1.57. The van der Waals surface area contributed by atoms with E-state index in [1.54, 1.807) is 4.90 Å². The summed E-state index contributed by atoms with van der Waals surface area (Å²) < 4.78 is 69.7. The highest BCUT2D eigenvalue weighted by Gasteiger charge is 2.41. The molecule has 0 saturated carbocycles. The van der Waals surface area contributed by atoms with Crippen molar-refractivity contribution in [2.75, 3.05) is 24.5 Å². The first kappa shape index (κ1) is 29.6. The van der Waals surface area contributed by atoms with Gasteiger partial charge in [0.1, 0.15) is 29.1 Å². The summed E-state index contributed by atoms with van der Waals surface area (Å²) in [5.74, 6) is -0.672. The van der Waals surface area contributed by atoms with E-state index in [2.05, 4.69) is 26.9 Å². The zero-order valence-corrected chi connectivity index (χ0v) is 23.0. The number of sulfonamides is 1. The van der Waals surface area contributed by atoms with Crippen LogP contribution in [-0.2, 0) is 27.8 Å². The highest BCUT2D eigenvalue weighted by atomic mass is 35.5. The van der Waals surface area contributed by atoms with E-state index >= 15 is 0 Å². The fraction of sp³-hybridized carbons (Fsp3) is 0.346. The third-order valence-corrected chi connectivity index (χ3v) is 8.40. The monoisotopic (exact) mass is 597 g/mol. The van der Waals surface area contributed by atoms with E-state index in [0.717, 1.165) is 47.0 Å². The van der Waals surface area contributed by atoms with Gasteiger partial charge in [-0.15, -0.1) is 13.2 Å². The third-order valence-electron chi connectivity index (χ3n) is 6.27. The molecule has 1 aliphatic rings. The molecule has 1 saturated heterocycles. The molecule has 2 heterocycles. The topological polar surface area (TPSA) is 105 Å². The first-order valence-corrected chi connectivity index (χ1v) is 14.2. The molecule has 1 aliphatic heterocycles. The SMILES string of the molecule is CCCc1ccc(CNC(=O)[C@H]2CN(c3cc(Cl)ncn3)CCN2S(=O)(=O)c2ccc(OC(F)(F)F)cc2)cc1. The molecule has 0 bridgehead atoms. The Bertz CT molecular complexity index is 1420. The first-order valence-electron chi connectivity index (χ1n) is 12.4. The number of aromatic nitrogens is 2. The molecule has 2 aromatic carbocycles. The minimum absolute atomic E-state index is 0.0386. The lowest BCUT2D eigenvalue weighted by Crippen LogP contribution is -2.60. The predicted octanol–water partition coefficient (Wildman–Crippen LogP) is 4.18. The summed E-state index contributed by atoms with van der Waals surface area (Å²) in [4.78, 5) is 22.9. The van der Waals surface area contributed by atoms with Crippen molar-refractivity contribution in [3.63, 3.8) is 0 Å². The van der Waals surface area contributed by atoms with Gasteiger partial charge in [-0.1, -0.05) is 49.2 Å². The number of rotatable bonds is 9. The van der Waals surface area contributed by atoms with Crippen molar-refractivity contribution in [3.05, 3.63) is 77.2 Å². The van der Waals surface area contributed by atoms with Crippen LogP contribution < -0.4 is 15.0 Å². The molecule has 0 radical (unpaired) electrons. The molecule has 0 spiro atoms. The molecule has 40 heavy (non-hydrogen) atoms. The molecule has 1 fully saturated rings. The molecule has 14 heteroatoms. The van der Waals surface area contributed by atoms with E-state index < -0.39 is 34.1 Å². The van der Waals surface area contributed by atoms with Crippen molar-refractivity contribution in [1.82, 2.24) is 19.6 Å². The van der Waals surface area contributed by atoms with Crippen LogP contribution in [0.3, 0.4) is 0 Å². The van der Waals surface area contributed by atoms with Crippen LogP contribution in [0.25, 0.3) is 0 Å². The van der Waals surface area contributed by atoms with E-state index in [1.807, 2.05) is 24.3 Å². The van der Waals surface area contributed by atoms with Crippen LogP contribution in [0.5, 0.6) is 5.75 Å². The molecule has 214 valence electrons. The minimum atomic E-state index is -4.92. The molecule has 0 unspecified atom stereocenters. The van der Waals surface area contributed by atoms with Crippen LogP contribution in [0.2, 0.25) is 5.15 Å². The normalized spacial score (nSPS) is 16.5. The lowest BCUT2D eigenvalue weighted by Gasteiger charge is -2.40. The van der Waals surface area contributed by atoms with Gasteiger partial charge in [-0.05, 0) is 41.8 Å². The van der Waals surface area contributed by atoms with Crippen molar-refractivity contribution in [3.8, 4) is 5.75 Å². The minimum Gasteiger partial charge on any atom is -0.406 e. The number of ether oxygens (including phenoxy) is 1. The lowest BCUT2D eigenvalue weighted by atomic mass is 10.1.